The number of halogens is 4. The van der Waals surface area contributed by atoms with Crippen molar-refractivity contribution in [3.63, 3.8) is 0 Å². The Bertz CT molecular complexity index is 1210. The normalized spacial score (nSPS) is 29.1. The molecule has 6 unspecified atom stereocenters. The van der Waals surface area contributed by atoms with Gasteiger partial charge in [-0.05, 0) is 13.0 Å². The highest BCUT2D eigenvalue weighted by molar-refractivity contribution is 6.30. The number of pyridine rings is 1. The van der Waals surface area contributed by atoms with Crippen LogP contribution in [0.15, 0.2) is 42.6 Å². The second-order valence-corrected chi connectivity index (χ2v) is 8.72. The van der Waals surface area contributed by atoms with Gasteiger partial charge in [-0.25, -0.2) is 14.6 Å². The summed E-state index contributed by atoms with van der Waals surface area (Å²) in [5.41, 5.74) is 5.45. The fraction of sp³-hybridized carbons (Fsp3) is 0.409. The first-order valence-corrected chi connectivity index (χ1v) is 11.1. The molecular formula is C22H21ClF3N5O4. The molecule has 0 amide bonds. The molecule has 9 nitrogen and oxygen atoms in total. The van der Waals surface area contributed by atoms with Gasteiger partial charge in [-0.3, -0.25) is 0 Å². The van der Waals surface area contributed by atoms with E-state index in [1.807, 2.05) is 30.3 Å². The van der Waals surface area contributed by atoms with E-state index in [0.717, 1.165) is 22.5 Å². The van der Waals surface area contributed by atoms with Gasteiger partial charge in [0.05, 0.1) is 23.4 Å². The molecule has 2 saturated heterocycles. The monoisotopic (exact) mass is 511 g/mol. The van der Waals surface area contributed by atoms with E-state index in [1.165, 1.54) is 6.92 Å². The van der Waals surface area contributed by atoms with E-state index in [9.17, 15) is 18.3 Å². The number of aliphatic hydroxyl groups is 1. The lowest BCUT2D eigenvalue weighted by atomic mass is 9.92. The number of fused-ring (bicyclic) bond motifs is 1. The van der Waals surface area contributed by atoms with Gasteiger partial charge >= 0.3 is 6.18 Å². The van der Waals surface area contributed by atoms with Crippen LogP contribution >= 0.6 is 11.6 Å². The Kier molecular flexibility index (Phi) is 6.28. The Hall–Kier alpha value is -2.61. The van der Waals surface area contributed by atoms with Gasteiger partial charge in [0.25, 0.3) is 0 Å². The van der Waals surface area contributed by atoms with Crippen LogP contribution in [0.4, 0.5) is 13.2 Å². The second-order valence-electron chi connectivity index (χ2n) is 8.29. The molecule has 0 bridgehead atoms. The van der Waals surface area contributed by atoms with E-state index in [-0.39, 0.29) is 23.3 Å². The minimum absolute atomic E-state index is 0.0324. The number of aliphatic hydroxyl groups excluding tert-OH is 1. The predicted octanol–water partition coefficient (Wildman–Crippen LogP) is 2.89. The molecule has 2 fully saturated rings. The average molecular weight is 512 g/mol. The molecule has 2 aromatic heterocycles. The minimum atomic E-state index is -4.79. The topological polar surface area (TPSA) is 118 Å². The lowest BCUT2D eigenvalue weighted by Gasteiger charge is -2.46. The van der Waals surface area contributed by atoms with Crippen LogP contribution in [0, 0.1) is 6.92 Å². The molecule has 13 heteroatoms. The Labute approximate surface area is 202 Å². The van der Waals surface area contributed by atoms with Crippen molar-refractivity contribution in [1.29, 1.82) is 0 Å². The number of alkyl halides is 3. The number of hydrogen-bond donors (Lipinski definition) is 2. The van der Waals surface area contributed by atoms with Crippen molar-refractivity contribution < 1.29 is 32.5 Å². The van der Waals surface area contributed by atoms with Gasteiger partial charge in [-0.15, -0.1) is 0 Å². The van der Waals surface area contributed by atoms with Crippen LogP contribution in [0.25, 0.3) is 5.69 Å². The van der Waals surface area contributed by atoms with Crippen molar-refractivity contribution in [2.75, 3.05) is 6.61 Å². The molecule has 2 aliphatic heterocycles. The SMILES string of the molecule is Cc1nc(C2OC3COC(c4ccccc4)OC3C(N)C2O)n(-c2cc(Cl)cnc2C(F)(F)F)n1. The average Bonchev–Trinajstić information content (AvgIpc) is 3.22. The van der Waals surface area contributed by atoms with Crippen molar-refractivity contribution in [3.05, 3.63) is 70.5 Å². The summed E-state index contributed by atoms with van der Waals surface area (Å²) in [5, 5.41) is 15.1. The molecule has 35 heavy (non-hydrogen) atoms. The highest BCUT2D eigenvalue weighted by atomic mass is 35.5. The zero-order valence-electron chi connectivity index (χ0n) is 18.3. The number of nitrogens with zero attached hydrogens (tertiary/aromatic N) is 4. The van der Waals surface area contributed by atoms with E-state index >= 15 is 0 Å². The highest BCUT2D eigenvalue weighted by Gasteiger charge is 2.50. The van der Waals surface area contributed by atoms with Crippen LogP contribution in [0.5, 0.6) is 0 Å². The summed E-state index contributed by atoms with van der Waals surface area (Å²) < 4.78 is 59.8. The van der Waals surface area contributed by atoms with Crippen LogP contribution in [0.1, 0.15) is 35.3 Å². The molecule has 2 aliphatic rings. The molecule has 0 saturated carbocycles. The standard InChI is InChI=1S/C22H21ClF3N5O4/c1-10-29-20(31(30-10)13-7-12(23)8-28-19(13)22(24,25)26)18-16(32)15(27)17-14(34-18)9-33-21(35-17)11-5-3-2-4-6-11/h2-8,14-18,21,32H,9,27H2,1H3. The first-order valence-electron chi connectivity index (χ1n) is 10.7. The number of rotatable bonds is 3. The molecule has 0 radical (unpaired) electrons. The van der Waals surface area contributed by atoms with Crippen molar-refractivity contribution >= 4 is 11.6 Å². The van der Waals surface area contributed by atoms with Crippen molar-refractivity contribution in [2.45, 2.75) is 49.8 Å². The maximum absolute atomic E-state index is 13.7. The summed E-state index contributed by atoms with van der Waals surface area (Å²) >= 11 is 5.94. The lowest BCUT2D eigenvalue weighted by Crippen LogP contribution is -2.62. The molecule has 0 aliphatic carbocycles. The quantitative estimate of drug-likeness (QED) is 0.551. The van der Waals surface area contributed by atoms with Gasteiger partial charge in [0.15, 0.2) is 17.8 Å². The Morgan fingerprint density at radius 1 is 1.20 bits per heavy atom. The van der Waals surface area contributed by atoms with Gasteiger partial charge in [-0.1, -0.05) is 41.9 Å². The van der Waals surface area contributed by atoms with Crippen LogP contribution < -0.4 is 5.73 Å². The first-order chi connectivity index (χ1) is 16.6. The van der Waals surface area contributed by atoms with E-state index < -0.39 is 54.3 Å². The van der Waals surface area contributed by atoms with Crippen LogP contribution in [-0.4, -0.2) is 55.8 Å². The summed E-state index contributed by atoms with van der Waals surface area (Å²) in [6.45, 7) is 1.58. The molecule has 4 heterocycles. The Morgan fingerprint density at radius 3 is 2.66 bits per heavy atom. The number of ether oxygens (including phenoxy) is 3. The van der Waals surface area contributed by atoms with Crippen molar-refractivity contribution in [2.24, 2.45) is 5.73 Å². The summed E-state index contributed by atoms with van der Waals surface area (Å²) in [5.74, 6) is 0.0727. The van der Waals surface area contributed by atoms with Gasteiger partial charge in [0.1, 0.15) is 30.2 Å². The van der Waals surface area contributed by atoms with E-state index in [4.69, 9.17) is 31.5 Å². The van der Waals surface area contributed by atoms with Crippen molar-refractivity contribution in [1.82, 2.24) is 19.7 Å². The molecule has 3 aromatic rings. The summed E-state index contributed by atoms with van der Waals surface area (Å²) in [7, 11) is 0. The van der Waals surface area contributed by atoms with Gasteiger partial charge in [0, 0.05) is 11.8 Å². The Morgan fingerprint density at radius 2 is 1.94 bits per heavy atom. The number of aromatic nitrogens is 4. The minimum Gasteiger partial charge on any atom is -0.388 e. The van der Waals surface area contributed by atoms with Crippen LogP contribution in [0.3, 0.4) is 0 Å². The second kappa shape index (κ2) is 9.12. The van der Waals surface area contributed by atoms with E-state index in [2.05, 4.69) is 15.1 Å². The zero-order chi connectivity index (χ0) is 24.9. The van der Waals surface area contributed by atoms with Crippen molar-refractivity contribution in [3.8, 4) is 5.69 Å². The molecule has 186 valence electrons. The fourth-order valence-corrected chi connectivity index (χ4v) is 4.42. The van der Waals surface area contributed by atoms with Crippen LogP contribution in [0.2, 0.25) is 5.02 Å². The molecule has 0 spiro atoms. The maximum atomic E-state index is 13.7. The first kappa shape index (κ1) is 24.1. The number of nitrogens with two attached hydrogens (primary N) is 1. The smallest absolute Gasteiger partial charge is 0.388 e. The highest BCUT2D eigenvalue weighted by Crippen LogP contribution is 2.40. The van der Waals surface area contributed by atoms with E-state index in [1.54, 1.807) is 0 Å². The number of aryl methyl sites for hydroxylation is 1. The van der Waals surface area contributed by atoms with Gasteiger partial charge < -0.3 is 25.1 Å². The third-order valence-corrected chi connectivity index (χ3v) is 6.07. The summed E-state index contributed by atoms with van der Waals surface area (Å²) in [6.07, 6.45) is -8.61. The number of hydrogen-bond acceptors (Lipinski definition) is 8. The Balaban J connectivity index is 1.47. The molecule has 5 rings (SSSR count). The number of benzene rings is 1. The maximum Gasteiger partial charge on any atom is 0.435 e. The molecule has 1 aromatic carbocycles. The summed E-state index contributed by atoms with van der Waals surface area (Å²) in [6, 6.07) is 9.33. The molecule has 6 atom stereocenters. The fourth-order valence-electron chi connectivity index (χ4n) is 4.27. The zero-order valence-corrected chi connectivity index (χ0v) is 19.0. The van der Waals surface area contributed by atoms with Gasteiger partial charge in [0.2, 0.25) is 0 Å². The van der Waals surface area contributed by atoms with Crippen LogP contribution in [-0.2, 0) is 20.4 Å². The van der Waals surface area contributed by atoms with E-state index in [0.29, 0.717) is 0 Å². The third-order valence-electron chi connectivity index (χ3n) is 5.86. The predicted molar refractivity (Wildman–Crippen MR) is 116 cm³/mol. The van der Waals surface area contributed by atoms with Gasteiger partial charge in [-0.2, -0.15) is 18.3 Å². The molecular weight excluding hydrogens is 491 g/mol. The summed E-state index contributed by atoms with van der Waals surface area (Å²) in [4.78, 5) is 7.68. The molecule has 3 N–H and O–H groups in total. The largest absolute Gasteiger partial charge is 0.435 e. The lowest BCUT2D eigenvalue weighted by molar-refractivity contribution is -0.309. The third kappa shape index (κ3) is 4.53.